The largest absolute Gasteiger partial charge is 0.496 e. The predicted octanol–water partition coefficient (Wildman–Crippen LogP) is 2.42. The van der Waals surface area contributed by atoms with Gasteiger partial charge in [0.05, 0.1) is 7.11 Å². The zero-order valence-corrected chi connectivity index (χ0v) is 16.6. The molecule has 0 aromatic heterocycles. The predicted molar refractivity (Wildman–Crippen MR) is 109 cm³/mol. The maximum absolute atomic E-state index is 12.5. The van der Waals surface area contributed by atoms with Crippen molar-refractivity contribution < 1.29 is 23.9 Å². The van der Waals surface area contributed by atoms with E-state index < -0.39 is 23.9 Å². The SMILES string of the molecule is COc1ccccc1CNC(=O)[C@H](C)OC(=O)/C(=C/c1ccccc1)NC(C)=O. The lowest BCUT2D eigenvalue weighted by molar-refractivity contribution is -0.151. The number of rotatable bonds is 8. The van der Waals surface area contributed by atoms with Crippen LogP contribution in [0, 0.1) is 0 Å². The Kier molecular flexibility index (Phi) is 7.97. The summed E-state index contributed by atoms with van der Waals surface area (Å²) in [5.41, 5.74) is 1.46. The zero-order chi connectivity index (χ0) is 21.2. The molecule has 0 unspecified atom stereocenters. The molecule has 0 aliphatic rings. The average molecular weight is 396 g/mol. The minimum atomic E-state index is -1.05. The second-order valence-electron chi connectivity index (χ2n) is 6.23. The first-order chi connectivity index (χ1) is 13.9. The van der Waals surface area contributed by atoms with Crippen molar-refractivity contribution in [1.82, 2.24) is 10.6 Å². The molecule has 7 heteroatoms. The third-order valence-corrected chi connectivity index (χ3v) is 3.94. The normalized spacial score (nSPS) is 11.9. The molecule has 0 aliphatic heterocycles. The van der Waals surface area contributed by atoms with Crippen molar-refractivity contribution in [3.63, 3.8) is 0 Å². The van der Waals surface area contributed by atoms with E-state index in [1.807, 2.05) is 24.3 Å². The molecule has 2 N–H and O–H groups in total. The fourth-order valence-corrected chi connectivity index (χ4v) is 2.50. The van der Waals surface area contributed by atoms with Crippen molar-refractivity contribution in [2.45, 2.75) is 26.5 Å². The molecule has 0 heterocycles. The third kappa shape index (κ3) is 6.80. The maximum Gasteiger partial charge on any atom is 0.355 e. The van der Waals surface area contributed by atoms with E-state index in [2.05, 4.69) is 10.6 Å². The van der Waals surface area contributed by atoms with Gasteiger partial charge in [-0.3, -0.25) is 9.59 Å². The number of para-hydroxylation sites is 1. The molecule has 2 aromatic rings. The highest BCUT2D eigenvalue weighted by atomic mass is 16.5. The summed E-state index contributed by atoms with van der Waals surface area (Å²) in [6.07, 6.45) is 0.438. The van der Waals surface area contributed by atoms with E-state index >= 15 is 0 Å². The Labute approximate surface area is 169 Å². The Morgan fingerprint density at radius 2 is 1.69 bits per heavy atom. The van der Waals surface area contributed by atoms with Gasteiger partial charge in [-0.05, 0) is 24.6 Å². The summed E-state index contributed by atoms with van der Waals surface area (Å²) in [5.74, 6) is -1.04. The van der Waals surface area contributed by atoms with Crippen LogP contribution in [-0.4, -0.2) is 31.0 Å². The number of carbonyl (C=O) groups excluding carboxylic acids is 3. The number of nitrogens with one attached hydrogen (secondary N) is 2. The molecule has 0 bridgehead atoms. The van der Waals surface area contributed by atoms with E-state index in [1.165, 1.54) is 19.9 Å². The van der Waals surface area contributed by atoms with Gasteiger partial charge in [0.2, 0.25) is 5.91 Å². The van der Waals surface area contributed by atoms with Crippen LogP contribution in [0.15, 0.2) is 60.3 Å². The summed E-state index contributed by atoms with van der Waals surface area (Å²) in [5, 5.41) is 5.15. The van der Waals surface area contributed by atoms with E-state index in [-0.39, 0.29) is 12.2 Å². The molecular weight excluding hydrogens is 372 g/mol. The summed E-state index contributed by atoms with van der Waals surface area (Å²) in [7, 11) is 1.55. The Morgan fingerprint density at radius 1 is 1.03 bits per heavy atom. The molecule has 152 valence electrons. The quantitative estimate of drug-likeness (QED) is 0.528. The fraction of sp³-hybridized carbons (Fsp3) is 0.227. The number of methoxy groups -OCH3 is 1. The van der Waals surface area contributed by atoms with Crippen molar-refractivity contribution in [1.29, 1.82) is 0 Å². The summed E-state index contributed by atoms with van der Waals surface area (Å²) >= 11 is 0. The van der Waals surface area contributed by atoms with Crippen molar-refractivity contribution in [3.8, 4) is 5.75 Å². The smallest absolute Gasteiger partial charge is 0.355 e. The van der Waals surface area contributed by atoms with Gasteiger partial charge in [-0.1, -0.05) is 48.5 Å². The van der Waals surface area contributed by atoms with Gasteiger partial charge in [0.15, 0.2) is 6.10 Å². The molecule has 2 rings (SSSR count). The fourth-order valence-electron chi connectivity index (χ4n) is 2.50. The van der Waals surface area contributed by atoms with Crippen LogP contribution in [0.2, 0.25) is 0 Å². The van der Waals surface area contributed by atoms with Crippen LogP contribution in [0.3, 0.4) is 0 Å². The van der Waals surface area contributed by atoms with Gasteiger partial charge < -0.3 is 20.1 Å². The van der Waals surface area contributed by atoms with Crippen LogP contribution in [-0.2, 0) is 25.7 Å². The molecule has 0 saturated carbocycles. The molecule has 0 saturated heterocycles. The number of hydrogen-bond acceptors (Lipinski definition) is 5. The highest BCUT2D eigenvalue weighted by Gasteiger charge is 2.21. The van der Waals surface area contributed by atoms with Crippen LogP contribution >= 0.6 is 0 Å². The van der Waals surface area contributed by atoms with Crippen LogP contribution < -0.4 is 15.4 Å². The molecule has 2 aromatic carbocycles. The first kappa shape index (κ1) is 21.7. The van der Waals surface area contributed by atoms with Crippen LogP contribution in [0.5, 0.6) is 5.75 Å². The van der Waals surface area contributed by atoms with E-state index in [0.717, 1.165) is 5.56 Å². The maximum atomic E-state index is 12.5. The highest BCUT2D eigenvalue weighted by molar-refractivity contribution is 5.98. The number of benzene rings is 2. The molecule has 0 fully saturated rings. The molecule has 0 spiro atoms. The van der Waals surface area contributed by atoms with Gasteiger partial charge in [0, 0.05) is 19.0 Å². The Morgan fingerprint density at radius 3 is 2.34 bits per heavy atom. The van der Waals surface area contributed by atoms with E-state index in [0.29, 0.717) is 11.3 Å². The topological polar surface area (TPSA) is 93.7 Å². The van der Waals surface area contributed by atoms with E-state index in [9.17, 15) is 14.4 Å². The van der Waals surface area contributed by atoms with Gasteiger partial charge in [0.25, 0.3) is 5.91 Å². The molecule has 29 heavy (non-hydrogen) atoms. The first-order valence-electron chi connectivity index (χ1n) is 9.05. The monoisotopic (exact) mass is 396 g/mol. The van der Waals surface area contributed by atoms with Gasteiger partial charge >= 0.3 is 5.97 Å². The number of ether oxygens (including phenoxy) is 2. The molecule has 0 aliphatic carbocycles. The molecule has 0 radical (unpaired) electrons. The van der Waals surface area contributed by atoms with Gasteiger partial charge in [0.1, 0.15) is 11.4 Å². The third-order valence-electron chi connectivity index (χ3n) is 3.94. The standard InChI is InChI=1S/C22H24N2O5/c1-15(21(26)23-14-18-11-7-8-12-20(18)28-3)29-22(27)19(24-16(2)25)13-17-9-5-4-6-10-17/h4-13,15H,14H2,1-3H3,(H,23,26)(H,24,25)/b19-13-/t15-/m0/s1. The summed E-state index contributed by atoms with van der Waals surface area (Å²) < 4.78 is 10.5. The number of carbonyl (C=O) groups is 3. The first-order valence-corrected chi connectivity index (χ1v) is 9.05. The number of hydrogen-bond donors (Lipinski definition) is 2. The summed E-state index contributed by atoms with van der Waals surface area (Å²) in [4.78, 5) is 36.2. The van der Waals surface area contributed by atoms with Gasteiger partial charge in [-0.15, -0.1) is 0 Å². The molecule has 2 amide bonds. The Balaban J connectivity index is 2.01. The van der Waals surface area contributed by atoms with E-state index in [4.69, 9.17) is 9.47 Å². The second-order valence-corrected chi connectivity index (χ2v) is 6.23. The minimum Gasteiger partial charge on any atom is -0.496 e. The van der Waals surface area contributed by atoms with Crippen LogP contribution in [0.25, 0.3) is 6.08 Å². The van der Waals surface area contributed by atoms with Crippen LogP contribution in [0.1, 0.15) is 25.0 Å². The van der Waals surface area contributed by atoms with Crippen LogP contribution in [0.4, 0.5) is 0 Å². The number of amides is 2. The van der Waals surface area contributed by atoms with Crippen molar-refractivity contribution in [3.05, 3.63) is 71.4 Å². The van der Waals surface area contributed by atoms with Gasteiger partial charge in [-0.2, -0.15) is 0 Å². The molecule has 7 nitrogen and oxygen atoms in total. The van der Waals surface area contributed by atoms with Crippen molar-refractivity contribution in [2.24, 2.45) is 0 Å². The lowest BCUT2D eigenvalue weighted by Gasteiger charge is -2.16. The Hall–Kier alpha value is -3.61. The average Bonchev–Trinajstić information content (AvgIpc) is 2.72. The summed E-state index contributed by atoms with van der Waals surface area (Å²) in [6, 6.07) is 16.3. The van der Waals surface area contributed by atoms with E-state index in [1.54, 1.807) is 37.4 Å². The van der Waals surface area contributed by atoms with Crippen molar-refractivity contribution in [2.75, 3.05) is 7.11 Å². The second kappa shape index (κ2) is 10.7. The highest BCUT2D eigenvalue weighted by Crippen LogP contribution is 2.16. The summed E-state index contributed by atoms with van der Waals surface area (Å²) in [6.45, 7) is 2.97. The lowest BCUT2D eigenvalue weighted by Crippen LogP contribution is -2.37. The van der Waals surface area contributed by atoms with Crippen molar-refractivity contribution >= 4 is 23.9 Å². The zero-order valence-electron chi connectivity index (χ0n) is 16.6. The minimum absolute atomic E-state index is 0.0481. The van der Waals surface area contributed by atoms with Gasteiger partial charge in [-0.25, -0.2) is 4.79 Å². The lowest BCUT2D eigenvalue weighted by atomic mass is 10.2. The number of esters is 1. The Bertz CT molecular complexity index is 893. The molecule has 1 atom stereocenters. The molecular formula is C22H24N2O5.